The smallest absolute Gasteiger partial charge is 0.180 e. The summed E-state index contributed by atoms with van der Waals surface area (Å²) in [7, 11) is 0. The molecule has 0 fully saturated rings. The van der Waals surface area contributed by atoms with E-state index in [4.69, 9.17) is 15.1 Å². The molecule has 116 valence electrons. The highest BCUT2D eigenvalue weighted by atomic mass is 16.3. The summed E-state index contributed by atoms with van der Waals surface area (Å²) in [5.74, 6) is 1.64. The van der Waals surface area contributed by atoms with Crippen molar-refractivity contribution in [1.29, 1.82) is 0 Å². The maximum absolute atomic E-state index is 5.73. The number of fused-ring (bicyclic) bond motifs is 1. The largest absolute Gasteiger partial charge is 0.447 e. The van der Waals surface area contributed by atoms with Crippen LogP contribution >= 0.6 is 0 Å². The second-order valence-electron chi connectivity index (χ2n) is 5.72. The Morgan fingerprint density at radius 1 is 1.17 bits per heavy atom. The van der Waals surface area contributed by atoms with Gasteiger partial charge >= 0.3 is 0 Å². The zero-order valence-corrected chi connectivity index (χ0v) is 12.6. The second-order valence-corrected chi connectivity index (χ2v) is 5.72. The monoisotopic (exact) mass is 307 g/mol. The highest BCUT2D eigenvalue weighted by Gasteiger charge is 2.19. The summed E-state index contributed by atoms with van der Waals surface area (Å²) in [5, 5.41) is 0. The van der Waals surface area contributed by atoms with E-state index in [0.29, 0.717) is 0 Å². The molecule has 0 radical (unpaired) electrons. The van der Waals surface area contributed by atoms with E-state index < -0.39 is 0 Å². The molecule has 2 N–H and O–H groups in total. The maximum atomic E-state index is 5.73. The number of nitrogen functional groups attached to an aromatic ring is 1. The van der Waals surface area contributed by atoms with Crippen molar-refractivity contribution in [2.45, 2.75) is 19.5 Å². The molecule has 1 aliphatic rings. The van der Waals surface area contributed by atoms with Crippen LogP contribution in [0.1, 0.15) is 17.0 Å². The van der Waals surface area contributed by atoms with Gasteiger partial charge in [-0.05, 0) is 24.3 Å². The third kappa shape index (κ3) is 2.93. The van der Waals surface area contributed by atoms with Gasteiger partial charge in [0.15, 0.2) is 12.2 Å². The molecule has 0 bridgehead atoms. The highest BCUT2D eigenvalue weighted by Crippen LogP contribution is 2.22. The number of anilines is 1. The van der Waals surface area contributed by atoms with Gasteiger partial charge in [0.05, 0.1) is 18.4 Å². The minimum Gasteiger partial charge on any atom is -0.447 e. The Labute approximate surface area is 134 Å². The van der Waals surface area contributed by atoms with Crippen molar-refractivity contribution in [3.8, 4) is 11.4 Å². The fourth-order valence-corrected chi connectivity index (χ4v) is 2.82. The Kier molecular flexibility index (Phi) is 3.51. The topological polar surface area (TPSA) is 81.1 Å². The molecule has 0 aliphatic carbocycles. The third-order valence-corrected chi connectivity index (χ3v) is 4.04. The van der Waals surface area contributed by atoms with E-state index in [9.17, 15) is 0 Å². The van der Waals surface area contributed by atoms with Crippen LogP contribution in [0, 0.1) is 0 Å². The lowest BCUT2D eigenvalue weighted by atomic mass is 10.1. The minimum absolute atomic E-state index is 0.745. The van der Waals surface area contributed by atoms with E-state index in [1.165, 1.54) is 12.0 Å². The van der Waals surface area contributed by atoms with Crippen LogP contribution in [-0.2, 0) is 19.5 Å². The maximum Gasteiger partial charge on any atom is 0.180 e. The van der Waals surface area contributed by atoms with E-state index in [2.05, 4.69) is 14.9 Å². The standard InChI is InChI=1S/C17H17N5O/c18-14-3-1-12(2-4-14)17-20-7-13-9-22(6-5-16(13)21-17)10-15-8-19-11-23-15/h1-4,7-8,11H,5-6,9-10,18H2. The van der Waals surface area contributed by atoms with Crippen molar-refractivity contribution in [1.82, 2.24) is 19.9 Å². The van der Waals surface area contributed by atoms with Crippen LogP contribution in [0.15, 0.2) is 47.5 Å². The summed E-state index contributed by atoms with van der Waals surface area (Å²) in [4.78, 5) is 15.5. The Balaban J connectivity index is 1.53. The first kappa shape index (κ1) is 13.9. The van der Waals surface area contributed by atoms with Crippen LogP contribution < -0.4 is 5.73 Å². The summed E-state index contributed by atoms with van der Waals surface area (Å²) < 4.78 is 5.32. The first-order valence-corrected chi connectivity index (χ1v) is 7.58. The van der Waals surface area contributed by atoms with Crippen molar-refractivity contribution in [2.75, 3.05) is 12.3 Å². The van der Waals surface area contributed by atoms with Crippen LogP contribution in [0.25, 0.3) is 11.4 Å². The molecule has 23 heavy (non-hydrogen) atoms. The summed E-state index contributed by atoms with van der Waals surface area (Å²) in [5.41, 5.74) is 9.77. The molecule has 2 aromatic heterocycles. The van der Waals surface area contributed by atoms with Crippen LogP contribution in [0.2, 0.25) is 0 Å². The molecular formula is C17H17N5O. The molecular weight excluding hydrogens is 290 g/mol. The molecule has 0 amide bonds. The minimum atomic E-state index is 0.745. The molecule has 6 nitrogen and oxygen atoms in total. The number of hydrogen-bond donors (Lipinski definition) is 1. The summed E-state index contributed by atoms with van der Waals surface area (Å²) >= 11 is 0. The van der Waals surface area contributed by atoms with Gasteiger partial charge in [0.1, 0.15) is 5.76 Å². The van der Waals surface area contributed by atoms with E-state index in [-0.39, 0.29) is 0 Å². The molecule has 0 saturated heterocycles. The van der Waals surface area contributed by atoms with Crippen LogP contribution in [0.4, 0.5) is 5.69 Å². The summed E-state index contributed by atoms with van der Waals surface area (Å²) in [6.45, 7) is 2.54. The molecule has 0 saturated carbocycles. The molecule has 6 heteroatoms. The van der Waals surface area contributed by atoms with E-state index in [1.54, 1.807) is 6.20 Å². The lowest BCUT2D eigenvalue weighted by Gasteiger charge is -2.27. The van der Waals surface area contributed by atoms with Crippen LogP contribution in [0.5, 0.6) is 0 Å². The van der Waals surface area contributed by atoms with Gasteiger partial charge in [0.25, 0.3) is 0 Å². The molecule has 3 heterocycles. The average Bonchev–Trinajstić information content (AvgIpc) is 3.08. The molecule has 1 aliphatic heterocycles. The fraction of sp³-hybridized carbons (Fsp3) is 0.235. The van der Waals surface area contributed by atoms with Gasteiger partial charge in [-0.15, -0.1) is 0 Å². The molecule has 4 rings (SSSR count). The predicted molar refractivity (Wildman–Crippen MR) is 86.2 cm³/mol. The van der Waals surface area contributed by atoms with Gasteiger partial charge in [-0.25, -0.2) is 15.0 Å². The first-order valence-electron chi connectivity index (χ1n) is 7.58. The summed E-state index contributed by atoms with van der Waals surface area (Å²) in [6.07, 6.45) is 6.07. The fourth-order valence-electron chi connectivity index (χ4n) is 2.82. The van der Waals surface area contributed by atoms with E-state index in [1.807, 2.05) is 30.5 Å². The second kappa shape index (κ2) is 5.81. The number of hydrogen-bond acceptors (Lipinski definition) is 6. The number of nitrogens with zero attached hydrogens (tertiary/aromatic N) is 4. The Morgan fingerprint density at radius 3 is 2.83 bits per heavy atom. The van der Waals surface area contributed by atoms with Gasteiger partial charge in [-0.3, -0.25) is 4.90 Å². The molecule has 3 aromatic rings. The van der Waals surface area contributed by atoms with E-state index in [0.717, 1.165) is 54.6 Å². The normalized spacial score (nSPS) is 14.6. The average molecular weight is 307 g/mol. The Bertz CT molecular complexity index is 798. The quantitative estimate of drug-likeness (QED) is 0.748. The predicted octanol–water partition coefficient (Wildman–Crippen LogP) is 2.27. The van der Waals surface area contributed by atoms with Crippen molar-refractivity contribution >= 4 is 5.69 Å². The SMILES string of the molecule is Nc1ccc(-c2ncc3c(n2)CCN(Cc2cnco2)C3)cc1. The molecule has 0 unspecified atom stereocenters. The van der Waals surface area contributed by atoms with Crippen molar-refractivity contribution in [2.24, 2.45) is 0 Å². The summed E-state index contributed by atoms with van der Waals surface area (Å²) in [6, 6.07) is 7.65. The van der Waals surface area contributed by atoms with Gasteiger partial charge in [0, 0.05) is 42.5 Å². The van der Waals surface area contributed by atoms with Crippen molar-refractivity contribution in [3.63, 3.8) is 0 Å². The van der Waals surface area contributed by atoms with Gasteiger partial charge in [0.2, 0.25) is 0 Å². The van der Waals surface area contributed by atoms with Crippen molar-refractivity contribution < 1.29 is 4.42 Å². The zero-order chi connectivity index (χ0) is 15.6. The lowest BCUT2D eigenvalue weighted by molar-refractivity contribution is 0.223. The van der Waals surface area contributed by atoms with Crippen molar-refractivity contribution in [3.05, 3.63) is 60.1 Å². The van der Waals surface area contributed by atoms with Crippen LogP contribution in [-0.4, -0.2) is 26.4 Å². The number of nitrogens with two attached hydrogens (primary N) is 1. The zero-order valence-electron chi connectivity index (χ0n) is 12.6. The van der Waals surface area contributed by atoms with Gasteiger partial charge in [-0.1, -0.05) is 0 Å². The number of aromatic nitrogens is 3. The van der Waals surface area contributed by atoms with Gasteiger partial charge in [-0.2, -0.15) is 0 Å². The number of benzene rings is 1. The third-order valence-electron chi connectivity index (χ3n) is 4.04. The molecule has 1 aromatic carbocycles. The van der Waals surface area contributed by atoms with Gasteiger partial charge < -0.3 is 10.2 Å². The number of rotatable bonds is 3. The van der Waals surface area contributed by atoms with Crippen LogP contribution in [0.3, 0.4) is 0 Å². The first-order chi connectivity index (χ1) is 11.3. The Hall–Kier alpha value is -2.73. The number of oxazole rings is 1. The molecule has 0 atom stereocenters. The highest BCUT2D eigenvalue weighted by molar-refractivity contribution is 5.58. The molecule has 0 spiro atoms. The Morgan fingerprint density at radius 2 is 2.04 bits per heavy atom. The lowest BCUT2D eigenvalue weighted by Crippen LogP contribution is -2.30. The van der Waals surface area contributed by atoms with E-state index >= 15 is 0 Å².